The van der Waals surface area contributed by atoms with E-state index in [2.05, 4.69) is 0 Å². The van der Waals surface area contributed by atoms with Crippen LogP contribution in [0, 0.1) is 13.8 Å². The Hall–Kier alpha value is -3.05. The van der Waals surface area contributed by atoms with E-state index >= 15 is 0 Å². The molecule has 3 heterocycles. The minimum atomic E-state index is -0.898. The number of hydrogen-bond donors (Lipinski definition) is 0. The van der Waals surface area contributed by atoms with E-state index in [-0.39, 0.29) is 11.8 Å². The van der Waals surface area contributed by atoms with E-state index in [1.165, 1.54) is 0 Å². The summed E-state index contributed by atoms with van der Waals surface area (Å²) in [5.74, 6) is 1.10. The number of halogens is 1. The minimum absolute atomic E-state index is 0.0535. The number of aryl methyl sites for hydroxylation is 2. The highest BCUT2D eigenvalue weighted by atomic mass is 35.5. The van der Waals surface area contributed by atoms with E-state index in [1.54, 1.807) is 13.0 Å². The van der Waals surface area contributed by atoms with Crippen LogP contribution in [0.5, 0.6) is 0 Å². The maximum Gasteiger partial charge on any atom is 0.259 e. The lowest BCUT2D eigenvalue weighted by Crippen LogP contribution is -2.58. The first-order valence-corrected chi connectivity index (χ1v) is 10.3. The average Bonchev–Trinajstić information content (AvgIpc) is 3.28. The molecule has 6 heteroatoms. The van der Waals surface area contributed by atoms with Crippen LogP contribution in [0.1, 0.15) is 43.4 Å². The highest BCUT2D eigenvalue weighted by molar-refractivity contribution is 6.30. The van der Waals surface area contributed by atoms with Gasteiger partial charge in [-0.2, -0.15) is 0 Å². The van der Waals surface area contributed by atoms with Gasteiger partial charge in [0.1, 0.15) is 17.2 Å². The highest BCUT2D eigenvalue weighted by Gasteiger charge is 2.55. The van der Waals surface area contributed by atoms with E-state index in [0.29, 0.717) is 47.2 Å². The monoisotopic (exact) mass is 420 g/mol. The van der Waals surface area contributed by atoms with E-state index in [0.717, 1.165) is 11.1 Å². The summed E-state index contributed by atoms with van der Waals surface area (Å²) >= 11 is 6.15. The van der Waals surface area contributed by atoms with Crippen molar-refractivity contribution in [2.45, 2.75) is 25.9 Å². The quantitative estimate of drug-likeness (QED) is 0.610. The fraction of sp³-hybridized carbons (Fsp3) is 0.250. The molecule has 30 heavy (non-hydrogen) atoms. The third-order valence-electron chi connectivity index (χ3n) is 6.19. The molecule has 0 spiro atoms. The van der Waals surface area contributed by atoms with Gasteiger partial charge in [0.05, 0.1) is 5.56 Å². The Bertz CT molecular complexity index is 1170. The Kier molecular flexibility index (Phi) is 4.26. The van der Waals surface area contributed by atoms with E-state index < -0.39 is 5.66 Å². The first-order valence-electron chi connectivity index (χ1n) is 9.97. The van der Waals surface area contributed by atoms with E-state index in [1.807, 2.05) is 65.3 Å². The third-order valence-corrected chi connectivity index (χ3v) is 6.45. The van der Waals surface area contributed by atoms with Crippen LogP contribution in [0.25, 0.3) is 0 Å². The lowest BCUT2D eigenvalue weighted by molar-refractivity contribution is 0.00766. The van der Waals surface area contributed by atoms with Crippen molar-refractivity contribution in [2.75, 3.05) is 13.1 Å². The molecule has 0 radical (unpaired) electrons. The molecule has 1 unspecified atom stereocenters. The molecule has 1 aromatic heterocycles. The fourth-order valence-corrected chi connectivity index (χ4v) is 4.98. The van der Waals surface area contributed by atoms with Crippen molar-refractivity contribution in [1.82, 2.24) is 9.80 Å². The molecular formula is C24H21ClN2O3. The molecular weight excluding hydrogens is 400 g/mol. The van der Waals surface area contributed by atoms with E-state index in [4.69, 9.17) is 16.0 Å². The number of rotatable bonds is 2. The zero-order valence-electron chi connectivity index (χ0n) is 16.8. The molecule has 2 aliphatic heterocycles. The molecule has 152 valence electrons. The standard InChI is InChI=1S/C24H21ClN2O3/c1-15-13-21(16(2)30-15)23(29)27-12-11-26-22(28)20-6-4-3-5-17(20)14-24(26,27)18-7-9-19(25)10-8-18/h3-10,13H,11-12,14H2,1-2H3. The SMILES string of the molecule is Cc1cc(C(=O)N2CCN3C(=O)c4ccccc4CC32c2ccc(Cl)cc2)c(C)o1. The van der Waals surface area contributed by atoms with Crippen LogP contribution < -0.4 is 0 Å². The topological polar surface area (TPSA) is 53.8 Å². The van der Waals surface area contributed by atoms with Crippen LogP contribution in [0.3, 0.4) is 0 Å². The summed E-state index contributed by atoms with van der Waals surface area (Å²) in [5.41, 5.74) is 2.15. The second-order valence-corrected chi connectivity index (χ2v) is 8.33. The minimum Gasteiger partial charge on any atom is -0.466 e. The molecule has 0 saturated carbocycles. The van der Waals surface area contributed by atoms with Gasteiger partial charge in [0, 0.05) is 30.1 Å². The Morgan fingerprint density at radius 1 is 1.07 bits per heavy atom. The molecule has 5 nitrogen and oxygen atoms in total. The van der Waals surface area contributed by atoms with E-state index in [9.17, 15) is 9.59 Å². The first kappa shape index (κ1) is 18.9. The molecule has 0 aliphatic carbocycles. The third kappa shape index (κ3) is 2.62. The van der Waals surface area contributed by atoms with Gasteiger partial charge in [0.2, 0.25) is 0 Å². The summed E-state index contributed by atoms with van der Waals surface area (Å²) in [7, 11) is 0. The summed E-state index contributed by atoms with van der Waals surface area (Å²) in [6.07, 6.45) is 0.526. The van der Waals surface area contributed by atoms with Crippen LogP contribution in [-0.4, -0.2) is 34.7 Å². The van der Waals surface area contributed by atoms with Crippen molar-refractivity contribution in [1.29, 1.82) is 0 Å². The van der Waals surface area contributed by atoms with Crippen LogP contribution in [-0.2, 0) is 12.1 Å². The predicted octanol–water partition coefficient (Wildman–Crippen LogP) is 4.56. The number of hydrogen-bond acceptors (Lipinski definition) is 3. The van der Waals surface area contributed by atoms with Gasteiger partial charge >= 0.3 is 0 Å². The first-order chi connectivity index (χ1) is 14.4. The fourth-order valence-electron chi connectivity index (χ4n) is 4.86. The molecule has 0 N–H and O–H groups in total. The van der Waals surface area contributed by atoms with Crippen molar-refractivity contribution in [3.63, 3.8) is 0 Å². The molecule has 1 atom stereocenters. The maximum absolute atomic E-state index is 13.7. The largest absolute Gasteiger partial charge is 0.466 e. The number of benzene rings is 2. The highest BCUT2D eigenvalue weighted by Crippen LogP contribution is 2.45. The number of carbonyl (C=O) groups is 2. The molecule has 1 fully saturated rings. The Balaban J connectivity index is 1.70. The van der Waals surface area contributed by atoms with Crippen molar-refractivity contribution >= 4 is 23.4 Å². The summed E-state index contributed by atoms with van der Waals surface area (Å²) in [6.45, 7) is 4.54. The molecule has 5 rings (SSSR count). The van der Waals surface area contributed by atoms with Crippen LogP contribution in [0.2, 0.25) is 5.02 Å². The second-order valence-electron chi connectivity index (χ2n) is 7.90. The lowest BCUT2D eigenvalue weighted by Gasteiger charge is -2.47. The smallest absolute Gasteiger partial charge is 0.259 e. The van der Waals surface area contributed by atoms with Gasteiger partial charge in [-0.25, -0.2) is 0 Å². The Morgan fingerprint density at radius 3 is 2.50 bits per heavy atom. The number of furan rings is 1. The van der Waals surface area contributed by atoms with Gasteiger partial charge in [-0.05, 0) is 49.2 Å². The van der Waals surface area contributed by atoms with Crippen molar-refractivity contribution in [2.24, 2.45) is 0 Å². The summed E-state index contributed by atoms with van der Waals surface area (Å²) in [5, 5.41) is 0.612. The molecule has 2 amide bonds. The van der Waals surface area contributed by atoms with Gasteiger partial charge in [-0.15, -0.1) is 0 Å². The molecule has 3 aromatic rings. The van der Waals surface area contributed by atoms with Gasteiger partial charge in [0.15, 0.2) is 0 Å². The number of nitrogens with zero attached hydrogens (tertiary/aromatic N) is 2. The van der Waals surface area contributed by atoms with Crippen LogP contribution in [0.4, 0.5) is 0 Å². The summed E-state index contributed by atoms with van der Waals surface area (Å²) < 4.78 is 5.62. The molecule has 0 bridgehead atoms. The van der Waals surface area contributed by atoms with Crippen molar-refractivity contribution in [3.8, 4) is 0 Å². The maximum atomic E-state index is 13.7. The van der Waals surface area contributed by atoms with Gasteiger partial charge in [-0.1, -0.05) is 41.9 Å². The molecule has 1 saturated heterocycles. The van der Waals surface area contributed by atoms with Gasteiger partial charge in [0.25, 0.3) is 11.8 Å². The van der Waals surface area contributed by atoms with Crippen molar-refractivity contribution < 1.29 is 14.0 Å². The number of carbonyl (C=O) groups excluding carboxylic acids is 2. The summed E-state index contributed by atoms with van der Waals surface area (Å²) in [4.78, 5) is 30.8. The Labute approximate surface area is 179 Å². The number of amides is 2. The molecule has 2 aliphatic rings. The lowest BCUT2D eigenvalue weighted by atomic mass is 9.83. The Morgan fingerprint density at radius 2 is 1.80 bits per heavy atom. The van der Waals surface area contributed by atoms with Gasteiger partial charge < -0.3 is 14.2 Å². The predicted molar refractivity (Wildman–Crippen MR) is 114 cm³/mol. The normalized spacial score (nSPS) is 20.3. The van der Waals surface area contributed by atoms with Crippen molar-refractivity contribution in [3.05, 3.63) is 93.4 Å². The number of fused-ring (bicyclic) bond motifs is 2. The summed E-state index contributed by atoms with van der Waals surface area (Å²) in [6, 6.07) is 16.9. The zero-order chi connectivity index (χ0) is 21.0. The molecule has 2 aromatic carbocycles. The van der Waals surface area contributed by atoms with Gasteiger partial charge in [-0.3, -0.25) is 9.59 Å². The zero-order valence-corrected chi connectivity index (χ0v) is 17.6. The second kappa shape index (κ2) is 6.74. The van der Waals surface area contributed by atoms with Crippen LogP contribution >= 0.6 is 11.6 Å². The van der Waals surface area contributed by atoms with Crippen LogP contribution in [0.15, 0.2) is 59.0 Å². The average molecular weight is 421 g/mol.